The van der Waals surface area contributed by atoms with Crippen molar-refractivity contribution < 1.29 is 19.1 Å². The van der Waals surface area contributed by atoms with Crippen LogP contribution < -0.4 is 14.8 Å². The van der Waals surface area contributed by atoms with Gasteiger partial charge < -0.3 is 19.6 Å². The number of nitrogens with zero attached hydrogens (tertiary/aromatic N) is 1. The minimum Gasteiger partial charge on any atom is -0.493 e. The Morgan fingerprint density at radius 3 is 2.73 bits per heavy atom. The Morgan fingerprint density at radius 1 is 1.23 bits per heavy atom. The van der Waals surface area contributed by atoms with Crippen LogP contribution in [-0.2, 0) is 9.63 Å². The van der Waals surface area contributed by atoms with Gasteiger partial charge in [0.25, 0.3) is 5.91 Å². The molecule has 0 atom stereocenters. The van der Waals surface area contributed by atoms with E-state index in [1.54, 1.807) is 19.2 Å². The molecule has 2 aromatic rings. The van der Waals surface area contributed by atoms with Crippen molar-refractivity contribution in [3.63, 3.8) is 0 Å². The van der Waals surface area contributed by atoms with E-state index >= 15 is 0 Å². The highest BCUT2D eigenvalue weighted by atomic mass is 79.9. The lowest BCUT2D eigenvalue weighted by atomic mass is 10.2. The van der Waals surface area contributed by atoms with Crippen molar-refractivity contribution in [1.29, 1.82) is 0 Å². The van der Waals surface area contributed by atoms with E-state index in [2.05, 4.69) is 26.4 Å². The first-order valence-corrected chi connectivity index (χ1v) is 8.85. The van der Waals surface area contributed by atoms with Crippen LogP contribution in [0.3, 0.4) is 0 Å². The summed E-state index contributed by atoms with van der Waals surface area (Å²) in [7, 11) is 1.57. The topological polar surface area (TPSA) is 69.2 Å². The van der Waals surface area contributed by atoms with Gasteiger partial charge in [-0.1, -0.05) is 21.1 Å². The third-order valence-electron chi connectivity index (χ3n) is 3.42. The number of benzene rings is 2. The number of hydrogen-bond donors (Lipinski definition) is 1. The van der Waals surface area contributed by atoms with Crippen molar-refractivity contribution in [2.24, 2.45) is 5.16 Å². The molecular formula is C19H21BrN2O4. The maximum Gasteiger partial charge on any atom is 0.265 e. The molecule has 0 aliphatic heterocycles. The number of carbonyl (C=O) groups is 1. The molecule has 26 heavy (non-hydrogen) atoms. The number of nitrogens with one attached hydrogen (secondary N) is 1. The van der Waals surface area contributed by atoms with Crippen molar-refractivity contribution >= 4 is 33.7 Å². The summed E-state index contributed by atoms with van der Waals surface area (Å²) in [4.78, 5) is 17.0. The van der Waals surface area contributed by atoms with Crippen LogP contribution in [0.4, 0.5) is 5.69 Å². The van der Waals surface area contributed by atoms with Gasteiger partial charge in [-0.15, -0.1) is 0 Å². The summed E-state index contributed by atoms with van der Waals surface area (Å²) >= 11 is 3.39. The second kappa shape index (κ2) is 9.82. The van der Waals surface area contributed by atoms with E-state index in [0.29, 0.717) is 18.1 Å². The zero-order valence-electron chi connectivity index (χ0n) is 14.9. The van der Waals surface area contributed by atoms with Crippen molar-refractivity contribution in [3.8, 4) is 11.5 Å². The molecule has 7 heteroatoms. The predicted octanol–water partition coefficient (Wildman–Crippen LogP) is 4.15. The summed E-state index contributed by atoms with van der Waals surface area (Å²) in [6.45, 7) is 4.20. The van der Waals surface area contributed by atoms with E-state index in [4.69, 9.17) is 14.3 Å². The number of halogens is 1. The van der Waals surface area contributed by atoms with Crippen molar-refractivity contribution in [2.45, 2.75) is 13.8 Å². The SMILES string of the molecule is CCOc1ccc(/C=N/OCC(=O)Nc2ccc(Br)cc2C)cc1OC. The molecule has 138 valence electrons. The van der Waals surface area contributed by atoms with Crippen LogP contribution in [0.25, 0.3) is 0 Å². The van der Waals surface area contributed by atoms with Crippen LogP contribution in [0.2, 0.25) is 0 Å². The first-order valence-electron chi connectivity index (χ1n) is 8.05. The first kappa shape index (κ1) is 19.8. The number of carbonyl (C=O) groups excluding carboxylic acids is 1. The van der Waals surface area contributed by atoms with Gasteiger partial charge in [0.05, 0.1) is 19.9 Å². The highest BCUT2D eigenvalue weighted by molar-refractivity contribution is 9.10. The smallest absolute Gasteiger partial charge is 0.265 e. The van der Waals surface area contributed by atoms with E-state index in [1.807, 2.05) is 38.1 Å². The number of hydrogen-bond acceptors (Lipinski definition) is 5. The van der Waals surface area contributed by atoms with Gasteiger partial charge >= 0.3 is 0 Å². The molecule has 0 spiro atoms. The fourth-order valence-corrected chi connectivity index (χ4v) is 2.66. The van der Waals surface area contributed by atoms with Crippen LogP contribution in [0.5, 0.6) is 11.5 Å². The minimum atomic E-state index is -0.281. The second-order valence-corrected chi connectivity index (χ2v) is 6.27. The molecule has 1 amide bonds. The Labute approximate surface area is 161 Å². The third kappa shape index (κ3) is 5.77. The van der Waals surface area contributed by atoms with Crippen LogP contribution in [-0.4, -0.2) is 32.4 Å². The average molecular weight is 421 g/mol. The van der Waals surface area contributed by atoms with Crippen LogP contribution in [0.15, 0.2) is 46.0 Å². The van der Waals surface area contributed by atoms with E-state index in [-0.39, 0.29) is 12.5 Å². The minimum absolute atomic E-state index is 0.180. The summed E-state index contributed by atoms with van der Waals surface area (Å²) in [6, 6.07) is 11.0. The Bertz CT molecular complexity index is 793. The maximum atomic E-state index is 11.9. The van der Waals surface area contributed by atoms with E-state index < -0.39 is 0 Å². The highest BCUT2D eigenvalue weighted by Gasteiger charge is 2.06. The molecule has 2 aromatic carbocycles. The lowest BCUT2D eigenvalue weighted by Crippen LogP contribution is -2.17. The zero-order chi connectivity index (χ0) is 18.9. The number of amides is 1. The normalized spacial score (nSPS) is 10.6. The van der Waals surface area contributed by atoms with Gasteiger partial charge in [-0.2, -0.15) is 0 Å². The van der Waals surface area contributed by atoms with Crippen molar-refractivity contribution in [2.75, 3.05) is 25.6 Å². The number of methoxy groups -OCH3 is 1. The molecule has 0 saturated carbocycles. The quantitative estimate of drug-likeness (QED) is 0.514. The largest absolute Gasteiger partial charge is 0.493 e. The standard InChI is InChI=1S/C19H21BrN2O4/c1-4-25-17-8-5-14(10-18(17)24-3)11-21-26-12-19(23)22-16-7-6-15(20)9-13(16)2/h5-11H,4,12H2,1-3H3,(H,22,23)/b21-11+. The van der Waals surface area contributed by atoms with Crippen molar-refractivity contribution in [3.05, 3.63) is 52.0 Å². The third-order valence-corrected chi connectivity index (χ3v) is 3.92. The molecule has 0 saturated heterocycles. The van der Waals surface area contributed by atoms with Crippen molar-refractivity contribution in [1.82, 2.24) is 0 Å². The summed E-state index contributed by atoms with van der Waals surface area (Å²) in [5.74, 6) is 0.994. The lowest BCUT2D eigenvalue weighted by molar-refractivity contribution is -0.120. The average Bonchev–Trinajstić information content (AvgIpc) is 2.62. The molecule has 0 unspecified atom stereocenters. The predicted molar refractivity (Wildman–Crippen MR) is 105 cm³/mol. The number of aryl methyl sites for hydroxylation is 1. The first-order chi connectivity index (χ1) is 12.5. The van der Waals surface area contributed by atoms with Gasteiger partial charge in [0.15, 0.2) is 18.1 Å². The molecule has 0 aliphatic rings. The number of anilines is 1. The van der Waals surface area contributed by atoms with E-state index in [9.17, 15) is 4.79 Å². The molecule has 0 heterocycles. The van der Waals surface area contributed by atoms with Gasteiger partial charge in [0.1, 0.15) is 0 Å². The molecule has 2 rings (SSSR count). The van der Waals surface area contributed by atoms with Gasteiger partial charge in [-0.25, -0.2) is 0 Å². The molecule has 0 aromatic heterocycles. The van der Waals surface area contributed by atoms with Gasteiger partial charge in [0, 0.05) is 15.7 Å². The van der Waals surface area contributed by atoms with Crippen LogP contribution in [0, 0.1) is 6.92 Å². The van der Waals surface area contributed by atoms with E-state index in [1.165, 1.54) is 6.21 Å². The fraction of sp³-hybridized carbons (Fsp3) is 0.263. The molecule has 6 nitrogen and oxygen atoms in total. The lowest BCUT2D eigenvalue weighted by Gasteiger charge is -2.09. The second-order valence-electron chi connectivity index (χ2n) is 5.36. The van der Waals surface area contributed by atoms with E-state index in [0.717, 1.165) is 21.3 Å². The molecule has 0 fully saturated rings. The monoisotopic (exact) mass is 420 g/mol. The number of ether oxygens (including phenoxy) is 2. The molecule has 1 N–H and O–H groups in total. The molecule has 0 aliphatic carbocycles. The number of oxime groups is 1. The zero-order valence-corrected chi connectivity index (χ0v) is 16.5. The molecule has 0 bridgehead atoms. The Morgan fingerprint density at radius 2 is 2.04 bits per heavy atom. The summed E-state index contributed by atoms with van der Waals surface area (Å²) in [6.07, 6.45) is 1.51. The fourth-order valence-electron chi connectivity index (χ4n) is 2.19. The Balaban J connectivity index is 1.87. The summed E-state index contributed by atoms with van der Waals surface area (Å²) < 4.78 is 11.7. The maximum absolute atomic E-state index is 11.9. The summed E-state index contributed by atoms with van der Waals surface area (Å²) in [5, 5.41) is 6.60. The number of rotatable bonds is 8. The molecule has 0 radical (unpaired) electrons. The van der Waals surface area contributed by atoms with Crippen LogP contribution in [0.1, 0.15) is 18.1 Å². The van der Waals surface area contributed by atoms with Gasteiger partial charge in [0.2, 0.25) is 0 Å². The Kier molecular flexibility index (Phi) is 7.47. The van der Waals surface area contributed by atoms with Crippen LogP contribution >= 0.6 is 15.9 Å². The van der Waals surface area contributed by atoms with Gasteiger partial charge in [-0.3, -0.25) is 4.79 Å². The van der Waals surface area contributed by atoms with Gasteiger partial charge in [-0.05, 0) is 55.8 Å². The molecular weight excluding hydrogens is 400 g/mol. The Hall–Kier alpha value is -2.54. The summed E-state index contributed by atoms with van der Waals surface area (Å²) in [5.41, 5.74) is 2.47. The highest BCUT2D eigenvalue weighted by Crippen LogP contribution is 2.27.